The van der Waals surface area contributed by atoms with Crippen LogP contribution < -0.4 is 31.1 Å². The average Bonchev–Trinajstić information content (AvgIpc) is 3.20. The quantitative estimate of drug-likeness (QED) is 0.0806. The molecular formula is C44H40N3O5P. The summed E-state index contributed by atoms with van der Waals surface area (Å²) < 4.78 is 20.5. The van der Waals surface area contributed by atoms with E-state index in [1.807, 2.05) is 127 Å². The lowest BCUT2D eigenvalue weighted by Gasteiger charge is -2.37. The van der Waals surface area contributed by atoms with Gasteiger partial charge < -0.3 is 20.5 Å². The Balaban J connectivity index is 1.18. The Morgan fingerprint density at radius 3 is 1.43 bits per heavy atom. The van der Waals surface area contributed by atoms with E-state index >= 15 is 0 Å². The summed E-state index contributed by atoms with van der Waals surface area (Å²) in [6, 6.07) is 52.8. The number of hydrogen-bond donors (Lipinski definition) is 3. The zero-order chi connectivity index (χ0) is 37.1. The van der Waals surface area contributed by atoms with Gasteiger partial charge in [-0.2, -0.15) is 0 Å². The molecule has 0 fully saturated rings. The van der Waals surface area contributed by atoms with Crippen molar-refractivity contribution in [1.29, 1.82) is 0 Å². The summed E-state index contributed by atoms with van der Waals surface area (Å²) in [5.74, 6) is -0.833. The Hall–Kier alpha value is -6.24. The van der Waals surface area contributed by atoms with Gasteiger partial charge in [-0.15, -0.1) is 0 Å². The van der Waals surface area contributed by atoms with Crippen LogP contribution in [0.25, 0.3) is 0 Å². The monoisotopic (exact) mass is 721 g/mol. The number of hydrogen-bond acceptors (Lipinski definition) is 5. The third kappa shape index (κ3) is 8.63. The fraction of sp³-hybridized carbons (Fsp3) is 0.114. The summed E-state index contributed by atoms with van der Waals surface area (Å²) in [6.45, 7) is 1.33. The van der Waals surface area contributed by atoms with Crippen molar-refractivity contribution in [2.75, 3.05) is 5.32 Å². The Labute approximate surface area is 309 Å². The minimum atomic E-state index is -3.49. The SMILES string of the molecule is CC(=O)NC(CCC(=O)NC(c1ccccc1)(c1ccccc1)c1ccccc1)C(=O)Nc1ccc(OP(=O)(c2ccccc2)c2ccccc2)cc1. The van der Waals surface area contributed by atoms with Gasteiger partial charge in [0.15, 0.2) is 0 Å². The standard InChI is InChI=1S/C44H40N3O5P/c1-33(48)45-41(31-32-42(49)47-44(34-17-7-2-8-18-34,35-19-9-3-10-20-35)36-21-11-4-12-22-36)43(50)46-37-27-29-38(30-28-37)52-53(51,39-23-13-5-14-24-39)40-25-15-6-16-26-40/h2-30,41H,31-32H2,1H3,(H,45,48)(H,46,50)(H,47,49). The summed E-state index contributed by atoms with van der Waals surface area (Å²) in [5, 5.41) is 9.95. The van der Waals surface area contributed by atoms with Crippen LogP contribution in [0.4, 0.5) is 5.69 Å². The molecule has 0 heterocycles. The van der Waals surface area contributed by atoms with Crippen LogP contribution in [-0.4, -0.2) is 23.8 Å². The third-order valence-electron chi connectivity index (χ3n) is 8.85. The number of carbonyl (C=O) groups is 3. The smallest absolute Gasteiger partial charge is 0.306 e. The van der Waals surface area contributed by atoms with Crippen LogP contribution in [0.2, 0.25) is 0 Å². The van der Waals surface area contributed by atoms with Crippen LogP contribution >= 0.6 is 7.37 Å². The predicted molar refractivity (Wildman–Crippen MR) is 210 cm³/mol. The fourth-order valence-corrected chi connectivity index (χ4v) is 8.38. The number of nitrogens with one attached hydrogen (secondary N) is 3. The minimum Gasteiger partial charge on any atom is -0.437 e. The van der Waals surface area contributed by atoms with E-state index in [1.54, 1.807) is 48.5 Å². The van der Waals surface area contributed by atoms with Crippen molar-refractivity contribution in [2.45, 2.75) is 31.3 Å². The first-order valence-corrected chi connectivity index (χ1v) is 19.0. The Bertz CT molecular complexity index is 2030. The maximum absolute atomic E-state index is 14.3. The molecule has 0 aromatic heterocycles. The summed E-state index contributed by atoms with van der Waals surface area (Å²) in [7, 11) is -3.49. The first-order valence-electron chi connectivity index (χ1n) is 17.3. The van der Waals surface area contributed by atoms with Gasteiger partial charge in [-0.3, -0.25) is 18.9 Å². The zero-order valence-corrected chi connectivity index (χ0v) is 30.1. The lowest BCUT2D eigenvalue weighted by atomic mass is 9.77. The molecule has 0 bridgehead atoms. The highest BCUT2D eigenvalue weighted by Crippen LogP contribution is 2.45. The van der Waals surface area contributed by atoms with Gasteiger partial charge in [0.1, 0.15) is 17.3 Å². The lowest BCUT2D eigenvalue weighted by Crippen LogP contribution is -2.49. The molecule has 6 aromatic rings. The molecule has 0 spiro atoms. The highest BCUT2D eigenvalue weighted by atomic mass is 31.2. The van der Waals surface area contributed by atoms with E-state index in [9.17, 15) is 18.9 Å². The summed E-state index contributed by atoms with van der Waals surface area (Å²) in [6.07, 6.45) is -0.00211. The second-order valence-corrected chi connectivity index (χ2v) is 14.8. The van der Waals surface area contributed by atoms with Crippen molar-refractivity contribution < 1.29 is 23.5 Å². The highest BCUT2D eigenvalue weighted by Gasteiger charge is 2.38. The van der Waals surface area contributed by atoms with Gasteiger partial charge in [0.05, 0.1) is 10.6 Å². The van der Waals surface area contributed by atoms with Crippen molar-refractivity contribution in [3.8, 4) is 5.75 Å². The van der Waals surface area contributed by atoms with Crippen LogP contribution in [0.3, 0.4) is 0 Å². The van der Waals surface area contributed by atoms with Gasteiger partial charge in [0, 0.05) is 19.0 Å². The molecule has 8 nitrogen and oxygen atoms in total. The lowest BCUT2D eigenvalue weighted by molar-refractivity contribution is -0.126. The van der Waals surface area contributed by atoms with Crippen LogP contribution in [0.15, 0.2) is 176 Å². The van der Waals surface area contributed by atoms with Crippen LogP contribution in [0.5, 0.6) is 5.75 Å². The highest BCUT2D eigenvalue weighted by molar-refractivity contribution is 7.74. The number of rotatable bonds is 14. The van der Waals surface area contributed by atoms with Gasteiger partial charge in [0.2, 0.25) is 17.7 Å². The Kier molecular flexibility index (Phi) is 11.6. The molecule has 1 atom stereocenters. The molecule has 0 radical (unpaired) electrons. The molecule has 0 aliphatic heterocycles. The van der Waals surface area contributed by atoms with E-state index in [0.29, 0.717) is 22.0 Å². The zero-order valence-electron chi connectivity index (χ0n) is 29.2. The molecule has 0 aliphatic carbocycles. The van der Waals surface area contributed by atoms with Crippen molar-refractivity contribution in [1.82, 2.24) is 10.6 Å². The van der Waals surface area contributed by atoms with Crippen molar-refractivity contribution in [3.05, 3.63) is 193 Å². The summed E-state index contributed by atoms with van der Waals surface area (Å²) in [5.41, 5.74) is 2.05. The van der Waals surface area contributed by atoms with Gasteiger partial charge >= 0.3 is 7.37 Å². The van der Waals surface area contributed by atoms with Crippen LogP contribution in [0, 0.1) is 0 Å². The van der Waals surface area contributed by atoms with Gasteiger partial charge in [-0.05, 0) is 71.6 Å². The normalized spacial score (nSPS) is 11.9. The summed E-state index contributed by atoms with van der Waals surface area (Å²) >= 11 is 0. The van der Waals surface area contributed by atoms with E-state index in [1.165, 1.54) is 6.92 Å². The van der Waals surface area contributed by atoms with Gasteiger partial charge in [-0.25, -0.2) is 0 Å². The number of benzene rings is 6. The Morgan fingerprint density at radius 1 is 0.604 bits per heavy atom. The first kappa shape index (κ1) is 36.5. The van der Waals surface area contributed by atoms with E-state index in [2.05, 4.69) is 16.0 Å². The second kappa shape index (κ2) is 16.9. The molecule has 0 aliphatic rings. The molecular weight excluding hydrogens is 681 g/mol. The average molecular weight is 722 g/mol. The molecule has 6 rings (SSSR count). The summed E-state index contributed by atoms with van der Waals surface area (Å²) in [4.78, 5) is 39.7. The molecule has 3 amide bonds. The Morgan fingerprint density at radius 2 is 1.02 bits per heavy atom. The van der Waals surface area contributed by atoms with Crippen molar-refractivity contribution in [2.24, 2.45) is 0 Å². The molecule has 6 aromatic carbocycles. The molecule has 3 N–H and O–H groups in total. The van der Waals surface area contributed by atoms with Gasteiger partial charge in [0.25, 0.3) is 0 Å². The van der Waals surface area contributed by atoms with Crippen LogP contribution in [-0.2, 0) is 24.5 Å². The maximum Gasteiger partial charge on any atom is 0.306 e. The molecule has 266 valence electrons. The number of anilines is 1. The number of amides is 3. The van der Waals surface area contributed by atoms with E-state index in [0.717, 1.165) is 16.7 Å². The van der Waals surface area contributed by atoms with Gasteiger partial charge in [-0.1, -0.05) is 127 Å². The maximum atomic E-state index is 14.3. The molecule has 9 heteroatoms. The molecule has 0 saturated heterocycles. The van der Waals surface area contributed by atoms with Crippen molar-refractivity contribution >= 4 is 41.4 Å². The first-order chi connectivity index (χ1) is 25.8. The number of carbonyl (C=O) groups excluding carboxylic acids is 3. The predicted octanol–water partition coefficient (Wildman–Crippen LogP) is 7.33. The molecule has 1 unspecified atom stereocenters. The van der Waals surface area contributed by atoms with Crippen LogP contribution in [0.1, 0.15) is 36.5 Å². The third-order valence-corrected chi connectivity index (χ3v) is 11.3. The van der Waals surface area contributed by atoms with E-state index < -0.39 is 30.8 Å². The van der Waals surface area contributed by atoms with E-state index in [4.69, 9.17) is 4.52 Å². The van der Waals surface area contributed by atoms with Crippen molar-refractivity contribution in [3.63, 3.8) is 0 Å². The topological polar surface area (TPSA) is 114 Å². The molecule has 0 saturated carbocycles. The minimum absolute atomic E-state index is 0.0459. The molecule has 53 heavy (non-hydrogen) atoms. The second-order valence-electron chi connectivity index (χ2n) is 12.5. The largest absolute Gasteiger partial charge is 0.437 e. The fourth-order valence-electron chi connectivity index (χ4n) is 6.32. The van der Waals surface area contributed by atoms with E-state index in [-0.39, 0.29) is 18.7 Å².